The first-order valence-corrected chi connectivity index (χ1v) is 7.30. The number of ether oxygens (including phenoxy) is 3. The average molecular weight is 300 g/mol. The predicted octanol–water partition coefficient (Wildman–Crippen LogP) is 1.79. The van der Waals surface area contributed by atoms with Gasteiger partial charge in [-0.15, -0.1) is 0 Å². The molecule has 21 heavy (non-hydrogen) atoms. The summed E-state index contributed by atoms with van der Waals surface area (Å²) in [6, 6.07) is 0. The first-order chi connectivity index (χ1) is 10.0. The Labute approximate surface area is 125 Å². The molecule has 1 saturated heterocycles. The summed E-state index contributed by atoms with van der Waals surface area (Å²) in [5.41, 5.74) is 0. The predicted molar refractivity (Wildman–Crippen MR) is 74.6 cm³/mol. The molecule has 1 aliphatic heterocycles. The standard InChI is InChI=1S/C15H24O6/c1-19-15(20-2,10-11-16)9-8-12(17)4-3-5-13-6-7-14(18)21-13/h11,13H,3-10H2,1-2H3. The smallest absolute Gasteiger partial charge is 0.306 e. The normalized spacial score (nSPS) is 18.6. The highest BCUT2D eigenvalue weighted by molar-refractivity contribution is 5.78. The van der Waals surface area contributed by atoms with E-state index in [0.717, 1.165) is 19.1 Å². The Bertz CT molecular complexity index is 361. The second-order valence-electron chi connectivity index (χ2n) is 5.27. The van der Waals surface area contributed by atoms with E-state index < -0.39 is 5.79 Å². The lowest BCUT2D eigenvalue weighted by Crippen LogP contribution is -2.34. The maximum Gasteiger partial charge on any atom is 0.306 e. The maximum atomic E-state index is 11.9. The number of cyclic esters (lactones) is 1. The first-order valence-electron chi connectivity index (χ1n) is 7.30. The second kappa shape index (κ2) is 8.89. The molecule has 0 aromatic rings. The number of carbonyl (C=O) groups excluding carboxylic acids is 3. The molecule has 120 valence electrons. The maximum absolute atomic E-state index is 11.9. The number of aldehydes is 1. The van der Waals surface area contributed by atoms with Crippen LogP contribution in [0.3, 0.4) is 0 Å². The Balaban J connectivity index is 2.23. The highest BCUT2D eigenvalue weighted by Crippen LogP contribution is 2.23. The fourth-order valence-corrected chi connectivity index (χ4v) is 2.45. The van der Waals surface area contributed by atoms with Crippen molar-refractivity contribution in [2.24, 2.45) is 0 Å². The molecule has 1 rings (SSSR count). The SMILES string of the molecule is COC(CC=O)(CCC(=O)CCCC1CCC(=O)O1)OC. The van der Waals surface area contributed by atoms with E-state index in [2.05, 4.69) is 0 Å². The lowest BCUT2D eigenvalue weighted by molar-refractivity contribution is -0.211. The van der Waals surface area contributed by atoms with Gasteiger partial charge in [-0.1, -0.05) is 0 Å². The molecule has 0 radical (unpaired) electrons. The molecule has 0 amide bonds. The molecule has 0 saturated carbocycles. The highest BCUT2D eigenvalue weighted by Gasteiger charge is 2.29. The van der Waals surface area contributed by atoms with Crippen LogP contribution in [0.4, 0.5) is 0 Å². The van der Waals surface area contributed by atoms with E-state index in [1.165, 1.54) is 14.2 Å². The Morgan fingerprint density at radius 2 is 2.10 bits per heavy atom. The molecule has 0 aliphatic carbocycles. The van der Waals surface area contributed by atoms with Gasteiger partial charge >= 0.3 is 5.97 Å². The van der Waals surface area contributed by atoms with Gasteiger partial charge in [0, 0.05) is 39.9 Å². The van der Waals surface area contributed by atoms with Gasteiger partial charge in [0.25, 0.3) is 0 Å². The number of rotatable bonds is 11. The van der Waals surface area contributed by atoms with Crippen molar-refractivity contribution < 1.29 is 28.6 Å². The van der Waals surface area contributed by atoms with Crippen molar-refractivity contribution in [1.29, 1.82) is 0 Å². The minimum absolute atomic E-state index is 0.0302. The quantitative estimate of drug-likeness (QED) is 0.329. The molecule has 6 heteroatoms. The fourth-order valence-electron chi connectivity index (χ4n) is 2.45. The minimum atomic E-state index is -1.00. The van der Waals surface area contributed by atoms with Crippen LogP contribution in [0.15, 0.2) is 0 Å². The van der Waals surface area contributed by atoms with Crippen LogP contribution >= 0.6 is 0 Å². The fraction of sp³-hybridized carbons (Fsp3) is 0.800. The Hall–Kier alpha value is -1.27. The van der Waals surface area contributed by atoms with Gasteiger partial charge in [-0.2, -0.15) is 0 Å². The number of hydrogen-bond donors (Lipinski definition) is 0. The third kappa shape index (κ3) is 5.93. The number of ketones is 1. The number of hydrogen-bond acceptors (Lipinski definition) is 6. The van der Waals surface area contributed by atoms with Gasteiger partial charge in [-0.25, -0.2) is 0 Å². The molecular formula is C15H24O6. The summed E-state index contributed by atoms with van der Waals surface area (Å²) >= 11 is 0. The van der Waals surface area contributed by atoms with Crippen LogP contribution < -0.4 is 0 Å². The summed E-state index contributed by atoms with van der Waals surface area (Å²) < 4.78 is 15.5. The van der Waals surface area contributed by atoms with Crippen molar-refractivity contribution in [2.75, 3.05) is 14.2 Å². The van der Waals surface area contributed by atoms with Crippen LogP contribution in [0.25, 0.3) is 0 Å². The van der Waals surface area contributed by atoms with Crippen molar-refractivity contribution >= 4 is 18.0 Å². The number of esters is 1. The van der Waals surface area contributed by atoms with E-state index in [0.29, 0.717) is 32.1 Å². The van der Waals surface area contributed by atoms with Gasteiger partial charge in [0.2, 0.25) is 0 Å². The van der Waals surface area contributed by atoms with Gasteiger partial charge in [0.1, 0.15) is 18.2 Å². The average Bonchev–Trinajstić information content (AvgIpc) is 2.89. The van der Waals surface area contributed by atoms with E-state index in [4.69, 9.17) is 14.2 Å². The van der Waals surface area contributed by atoms with Crippen LogP contribution in [0.5, 0.6) is 0 Å². The van der Waals surface area contributed by atoms with E-state index in [1.807, 2.05) is 0 Å². The Morgan fingerprint density at radius 1 is 1.38 bits per heavy atom. The number of methoxy groups -OCH3 is 2. The summed E-state index contributed by atoms with van der Waals surface area (Å²) in [6.45, 7) is 0. The third-order valence-corrected chi connectivity index (χ3v) is 3.87. The zero-order valence-corrected chi connectivity index (χ0v) is 12.8. The molecule has 6 nitrogen and oxygen atoms in total. The molecule has 1 aliphatic rings. The number of carbonyl (C=O) groups is 3. The largest absolute Gasteiger partial charge is 0.462 e. The highest BCUT2D eigenvalue weighted by atomic mass is 16.7. The van der Waals surface area contributed by atoms with Crippen LogP contribution in [0.2, 0.25) is 0 Å². The molecule has 1 fully saturated rings. The molecule has 0 spiro atoms. The minimum Gasteiger partial charge on any atom is -0.462 e. The van der Waals surface area contributed by atoms with Crippen LogP contribution in [-0.4, -0.2) is 44.1 Å². The zero-order valence-electron chi connectivity index (χ0n) is 12.8. The molecule has 0 aromatic heterocycles. The van der Waals surface area contributed by atoms with Crippen molar-refractivity contribution in [1.82, 2.24) is 0 Å². The topological polar surface area (TPSA) is 78.9 Å². The molecule has 1 heterocycles. The Morgan fingerprint density at radius 3 is 2.62 bits per heavy atom. The van der Waals surface area contributed by atoms with Gasteiger partial charge in [0.05, 0.1) is 6.42 Å². The zero-order chi connectivity index (χ0) is 15.7. The molecular weight excluding hydrogens is 276 g/mol. The van der Waals surface area contributed by atoms with Gasteiger partial charge in [0.15, 0.2) is 5.79 Å². The van der Waals surface area contributed by atoms with Crippen LogP contribution in [0, 0.1) is 0 Å². The first kappa shape index (κ1) is 17.8. The van der Waals surface area contributed by atoms with Crippen molar-refractivity contribution in [3.8, 4) is 0 Å². The summed E-state index contributed by atoms with van der Waals surface area (Å²) in [5, 5.41) is 0. The summed E-state index contributed by atoms with van der Waals surface area (Å²) in [7, 11) is 2.93. The monoisotopic (exact) mass is 300 g/mol. The van der Waals surface area contributed by atoms with Crippen molar-refractivity contribution in [3.05, 3.63) is 0 Å². The van der Waals surface area contributed by atoms with E-state index in [-0.39, 0.29) is 24.3 Å². The van der Waals surface area contributed by atoms with Gasteiger partial charge < -0.3 is 19.0 Å². The molecule has 1 atom stereocenters. The molecule has 1 unspecified atom stereocenters. The summed E-state index contributed by atoms with van der Waals surface area (Å²) in [6.07, 6.45) is 4.57. The molecule has 0 aromatic carbocycles. The van der Waals surface area contributed by atoms with Crippen molar-refractivity contribution in [2.45, 2.75) is 63.3 Å². The lowest BCUT2D eigenvalue weighted by atomic mass is 10.0. The van der Waals surface area contributed by atoms with Crippen LogP contribution in [0.1, 0.15) is 51.4 Å². The second-order valence-corrected chi connectivity index (χ2v) is 5.27. The lowest BCUT2D eigenvalue weighted by Gasteiger charge is -2.28. The van der Waals surface area contributed by atoms with E-state index >= 15 is 0 Å². The molecule has 0 N–H and O–H groups in total. The van der Waals surface area contributed by atoms with Crippen LogP contribution in [-0.2, 0) is 28.6 Å². The summed E-state index contributed by atoms with van der Waals surface area (Å²) in [4.78, 5) is 33.4. The van der Waals surface area contributed by atoms with Gasteiger partial charge in [-0.05, 0) is 19.3 Å². The molecule has 0 bridgehead atoms. The van der Waals surface area contributed by atoms with Gasteiger partial charge in [-0.3, -0.25) is 9.59 Å². The van der Waals surface area contributed by atoms with E-state index in [9.17, 15) is 14.4 Å². The van der Waals surface area contributed by atoms with E-state index in [1.54, 1.807) is 0 Å². The van der Waals surface area contributed by atoms with Crippen molar-refractivity contribution in [3.63, 3.8) is 0 Å². The Kier molecular flexibility index (Phi) is 7.53. The third-order valence-electron chi connectivity index (χ3n) is 3.87. The number of Topliss-reactive ketones (excluding diaryl/α,β-unsaturated/α-hetero) is 1. The summed E-state index contributed by atoms with van der Waals surface area (Å²) in [5.74, 6) is -1.05.